The number of rotatable bonds is 4. The minimum atomic E-state index is -5.01. The van der Waals surface area contributed by atoms with Gasteiger partial charge in [0.1, 0.15) is 0 Å². The monoisotopic (exact) mass is 346 g/mol. The number of morpholine rings is 1. The van der Waals surface area contributed by atoms with Crippen LogP contribution in [0.25, 0.3) is 0 Å². The second-order valence-electron chi connectivity index (χ2n) is 5.00. The first kappa shape index (κ1) is 18.1. The number of carbonyl (C=O) groups excluding carboxylic acids is 2. The molecule has 24 heavy (non-hydrogen) atoms. The van der Waals surface area contributed by atoms with Gasteiger partial charge in [-0.25, -0.2) is 4.79 Å². The van der Waals surface area contributed by atoms with E-state index in [1.807, 2.05) is 4.90 Å². The molecule has 0 radical (unpaired) electrons. The summed E-state index contributed by atoms with van der Waals surface area (Å²) in [5.74, 6) is -2.77. The maximum atomic E-state index is 12.4. The third-order valence-electron chi connectivity index (χ3n) is 3.36. The first-order valence-corrected chi connectivity index (χ1v) is 7.35. The quantitative estimate of drug-likeness (QED) is 0.847. The van der Waals surface area contributed by atoms with E-state index in [1.165, 1.54) is 18.2 Å². The van der Waals surface area contributed by atoms with Crippen LogP contribution in [0.3, 0.4) is 0 Å². The van der Waals surface area contributed by atoms with Gasteiger partial charge in [0.15, 0.2) is 0 Å². The summed E-state index contributed by atoms with van der Waals surface area (Å²) < 4.78 is 47.3. The first-order valence-electron chi connectivity index (χ1n) is 7.35. The van der Waals surface area contributed by atoms with Crippen molar-refractivity contribution in [2.45, 2.75) is 13.1 Å². The maximum Gasteiger partial charge on any atom is 0.471 e. The highest BCUT2D eigenvalue weighted by Crippen LogP contribution is 2.27. The molecule has 1 aromatic rings. The summed E-state index contributed by atoms with van der Waals surface area (Å²) in [7, 11) is 0. The lowest BCUT2D eigenvalue weighted by molar-refractivity contribution is -0.167. The number of esters is 1. The van der Waals surface area contributed by atoms with Crippen molar-refractivity contribution in [2.24, 2.45) is 0 Å². The highest BCUT2D eigenvalue weighted by atomic mass is 19.4. The molecule has 9 heteroatoms. The van der Waals surface area contributed by atoms with E-state index in [-0.39, 0.29) is 17.9 Å². The smallest absolute Gasteiger partial charge is 0.462 e. The molecule has 1 heterocycles. The number of nitrogens with zero attached hydrogens (tertiary/aromatic N) is 1. The van der Waals surface area contributed by atoms with Crippen LogP contribution in [0.2, 0.25) is 0 Å². The molecule has 1 aliphatic rings. The zero-order valence-electron chi connectivity index (χ0n) is 13.0. The molecule has 6 nitrogen and oxygen atoms in total. The lowest BCUT2D eigenvalue weighted by atomic mass is 10.1. The highest BCUT2D eigenvalue weighted by molar-refractivity contribution is 6.00. The van der Waals surface area contributed by atoms with Gasteiger partial charge in [-0.15, -0.1) is 0 Å². The molecule has 0 spiro atoms. The molecule has 0 aromatic heterocycles. The van der Waals surface area contributed by atoms with Crippen LogP contribution < -0.4 is 10.2 Å². The summed E-state index contributed by atoms with van der Waals surface area (Å²) in [5, 5.41) is 1.73. The lowest BCUT2D eigenvalue weighted by Gasteiger charge is -2.30. The summed E-state index contributed by atoms with van der Waals surface area (Å²) in [5.41, 5.74) is 0.498. The summed E-state index contributed by atoms with van der Waals surface area (Å²) in [6.07, 6.45) is -5.01. The van der Waals surface area contributed by atoms with Gasteiger partial charge < -0.3 is 19.7 Å². The Bertz CT molecular complexity index is 613. The third-order valence-corrected chi connectivity index (χ3v) is 3.36. The van der Waals surface area contributed by atoms with E-state index in [1.54, 1.807) is 12.2 Å². The molecule has 2 rings (SSSR count). The zero-order valence-corrected chi connectivity index (χ0v) is 13.0. The van der Waals surface area contributed by atoms with Crippen LogP contribution in [0, 0.1) is 0 Å². The predicted molar refractivity (Wildman–Crippen MR) is 80.1 cm³/mol. The lowest BCUT2D eigenvalue weighted by Crippen LogP contribution is -2.37. The predicted octanol–water partition coefficient (Wildman–Crippen LogP) is 2.20. The average Bonchev–Trinajstić information content (AvgIpc) is 2.55. The number of halogens is 3. The number of ether oxygens (including phenoxy) is 2. The van der Waals surface area contributed by atoms with E-state index < -0.39 is 18.1 Å². The molecule has 0 unspecified atom stereocenters. The van der Waals surface area contributed by atoms with Gasteiger partial charge in [-0.1, -0.05) is 0 Å². The van der Waals surface area contributed by atoms with Crippen molar-refractivity contribution < 1.29 is 32.2 Å². The molecule has 1 N–H and O–H groups in total. The topological polar surface area (TPSA) is 67.9 Å². The molecule has 0 bridgehead atoms. The fraction of sp³-hybridized carbons (Fsp3) is 0.467. The summed E-state index contributed by atoms with van der Waals surface area (Å²) in [4.78, 5) is 25.1. The largest absolute Gasteiger partial charge is 0.471 e. The Morgan fingerprint density at radius 2 is 1.96 bits per heavy atom. The van der Waals surface area contributed by atoms with E-state index in [0.717, 1.165) is 0 Å². The number of carbonyl (C=O) groups is 2. The van der Waals surface area contributed by atoms with Crippen LogP contribution in [-0.2, 0) is 14.3 Å². The number of alkyl halides is 3. The minimum absolute atomic E-state index is 0.0960. The first-order chi connectivity index (χ1) is 11.3. The van der Waals surface area contributed by atoms with Crippen LogP contribution in [0.4, 0.5) is 24.5 Å². The Morgan fingerprint density at radius 1 is 1.29 bits per heavy atom. The fourth-order valence-corrected chi connectivity index (χ4v) is 2.27. The number of benzene rings is 1. The number of amides is 1. The molecule has 0 saturated carbocycles. The number of hydrogen-bond acceptors (Lipinski definition) is 5. The summed E-state index contributed by atoms with van der Waals surface area (Å²) >= 11 is 0. The molecule has 0 aliphatic carbocycles. The van der Waals surface area contributed by atoms with E-state index in [4.69, 9.17) is 9.47 Å². The van der Waals surface area contributed by atoms with Crippen LogP contribution in [0.5, 0.6) is 0 Å². The van der Waals surface area contributed by atoms with Crippen molar-refractivity contribution in [3.63, 3.8) is 0 Å². The molecule has 1 aromatic carbocycles. The van der Waals surface area contributed by atoms with Crippen LogP contribution >= 0.6 is 0 Å². The summed E-state index contributed by atoms with van der Waals surface area (Å²) in [6, 6.07) is 3.99. The maximum absolute atomic E-state index is 12.4. The van der Waals surface area contributed by atoms with Crippen molar-refractivity contribution >= 4 is 23.3 Å². The van der Waals surface area contributed by atoms with Crippen LogP contribution in [0.1, 0.15) is 17.3 Å². The van der Waals surface area contributed by atoms with E-state index in [0.29, 0.717) is 32.0 Å². The van der Waals surface area contributed by atoms with E-state index >= 15 is 0 Å². The standard InChI is InChI=1S/C15H17F3N2O4/c1-2-24-13(21)11-9-10(19-14(22)15(16,17)18)3-4-12(11)20-5-7-23-8-6-20/h3-4,9H,2,5-8H2,1H3,(H,19,22). The molecule has 1 fully saturated rings. The van der Waals surface area contributed by atoms with Gasteiger partial charge in [-0.05, 0) is 25.1 Å². The second-order valence-corrected chi connectivity index (χ2v) is 5.00. The van der Waals surface area contributed by atoms with Gasteiger partial charge >= 0.3 is 18.1 Å². The Kier molecular flexibility index (Phi) is 5.66. The molecular formula is C15H17F3N2O4. The van der Waals surface area contributed by atoms with Crippen molar-refractivity contribution in [3.05, 3.63) is 23.8 Å². The number of hydrogen-bond donors (Lipinski definition) is 1. The third kappa shape index (κ3) is 4.38. The van der Waals surface area contributed by atoms with Crippen molar-refractivity contribution in [2.75, 3.05) is 43.1 Å². The molecular weight excluding hydrogens is 329 g/mol. The SMILES string of the molecule is CCOC(=O)c1cc(NC(=O)C(F)(F)F)ccc1N1CCOCC1. The number of anilines is 2. The fourth-order valence-electron chi connectivity index (χ4n) is 2.27. The zero-order chi connectivity index (χ0) is 17.7. The molecule has 1 aliphatic heterocycles. The Hall–Kier alpha value is -2.29. The van der Waals surface area contributed by atoms with Crippen LogP contribution in [0.15, 0.2) is 18.2 Å². The van der Waals surface area contributed by atoms with Gasteiger partial charge in [0.25, 0.3) is 0 Å². The van der Waals surface area contributed by atoms with Crippen molar-refractivity contribution in [1.82, 2.24) is 0 Å². The minimum Gasteiger partial charge on any atom is -0.462 e. The molecule has 132 valence electrons. The van der Waals surface area contributed by atoms with Gasteiger partial charge in [0.2, 0.25) is 0 Å². The Labute approximate surface area is 136 Å². The van der Waals surface area contributed by atoms with Gasteiger partial charge in [-0.3, -0.25) is 4.79 Å². The molecule has 1 amide bonds. The van der Waals surface area contributed by atoms with Crippen LogP contribution in [-0.4, -0.2) is 51.0 Å². The van der Waals surface area contributed by atoms with E-state index in [9.17, 15) is 22.8 Å². The van der Waals surface area contributed by atoms with Gasteiger partial charge in [0, 0.05) is 18.8 Å². The molecule has 1 saturated heterocycles. The highest BCUT2D eigenvalue weighted by Gasteiger charge is 2.38. The van der Waals surface area contributed by atoms with Crippen molar-refractivity contribution in [1.29, 1.82) is 0 Å². The second kappa shape index (κ2) is 7.52. The van der Waals surface area contributed by atoms with E-state index in [2.05, 4.69) is 0 Å². The average molecular weight is 346 g/mol. The molecule has 0 atom stereocenters. The summed E-state index contributed by atoms with van der Waals surface area (Å²) in [6.45, 7) is 3.80. The Balaban J connectivity index is 2.31. The van der Waals surface area contributed by atoms with Crippen molar-refractivity contribution in [3.8, 4) is 0 Å². The van der Waals surface area contributed by atoms with Gasteiger partial charge in [-0.2, -0.15) is 13.2 Å². The number of nitrogens with one attached hydrogen (secondary N) is 1. The van der Waals surface area contributed by atoms with Gasteiger partial charge in [0.05, 0.1) is 31.1 Å². The Morgan fingerprint density at radius 3 is 2.54 bits per heavy atom. The normalized spacial score (nSPS) is 15.1.